The van der Waals surface area contributed by atoms with Gasteiger partial charge in [-0.2, -0.15) is 0 Å². The van der Waals surface area contributed by atoms with E-state index in [2.05, 4.69) is 5.32 Å². The van der Waals surface area contributed by atoms with Crippen LogP contribution in [0.2, 0.25) is 0 Å². The Morgan fingerprint density at radius 2 is 2.08 bits per heavy atom. The number of carbonyl (C=O) groups excluding carboxylic acids is 1. The van der Waals surface area contributed by atoms with Crippen LogP contribution in [0.1, 0.15) is 45.9 Å². The van der Waals surface area contributed by atoms with Crippen LogP contribution in [-0.2, 0) is 6.42 Å². The molecule has 6 nitrogen and oxygen atoms in total. The molecule has 2 aromatic rings. The molecule has 1 amide bonds. The number of nitro benzene ring substituents is 1. The zero-order valence-electron chi connectivity index (χ0n) is 13.4. The van der Waals surface area contributed by atoms with Crippen LogP contribution in [0.4, 0.5) is 11.4 Å². The molecule has 1 atom stereocenters. The number of non-ortho nitro benzene ring substituents is 1. The van der Waals surface area contributed by atoms with Gasteiger partial charge in [0.1, 0.15) is 0 Å². The van der Waals surface area contributed by atoms with E-state index in [9.17, 15) is 14.9 Å². The molecular formula is C18H19N3O3. The topological polar surface area (TPSA) is 98.3 Å². The van der Waals surface area contributed by atoms with Gasteiger partial charge >= 0.3 is 0 Å². The number of hydrogen-bond donors (Lipinski definition) is 2. The molecule has 1 aliphatic carbocycles. The van der Waals surface area contributed by atoms with Gasteiger partial charge in [-0.05, 0) is 61.1 Å². The molecular weight excluding hydrogens is 306 g/mol. The first kappa shape index (κ1) is 16.0. The summed E-state index contributed by atoms with van der Waals surface area (Å²) in [5.74, 6) is -0.295. The first-order valence-corrected chi connectivity index (χ1v) is 7.89. The lowest BCUT2D eigenvalue weighted by Gasteiger charge is -2.26. The molecule has 1 aliphatic rings. The van der Waals surface area contributed by atoms with Crippen molar-refractivity contribution in [2.75, 3.05) is 5.73 Å². The number of benzene rings is 2. The summed E-state index contributed by atoms with van der Waals surface area (Å²) in [5.41, 5.74) is 9.70. The van der Waals surface area contributed by atoms with Crippen molar-refractivity contribution in [3.63, 3.8) is 0 Å². The molecule has 3 N–H and O–H groups in total. The summed E-state index contributed by atoms with van der Waals surface area (Å²) >= 11 is 0. The van der Waals surface area contributed by atoms with Gasteiger partial charge in [-0.1, -0.05) is 6.07 Å². The fourth-order valence-corrected chi connectivity index (χ4v) is 3.23. The predicted octanol–water partition coefficient (Wildman–Crippen LogP) is 3.29. The molecule has 0 fully saturated rings. The number of amides is 1. The van der Waals surface area contributed by atoms with Crippen molar-refractivity contribution < 1.29 is 9.72 Å². The van der Waals surface area contributed by atoms with Gasteiger partial charge in [0.15, 0.2) is 0 Å². The highest BCUT2D eigenvalue weighted by Gasteiger charge is 2.23. The van der Waals surface area contributed by atoms with Gasteiger partial charge in [-0.25, -0.2) is 0 Å². The van der Waals surface area contributed by atoms with E-state index in [0.717, 1.165) is 36.1 Å². The second-order valence-corrected chi connectivity index (χ2v) is 6.19. The fourth-order valence-electron chi connectivity index (χ4n) is 3.23. The maximum absolute atomic E-state index is 12.6. The Kier molecular flexibility index (Phi) is 4.20. The number of hydrogen-bond acceptors (Lipinski definition) is 4. The summed E-state index contributed by atoms with van der Waals surface area (Å²) < 4.78 is 0. The van der Waals surface area contributed by atoms with Crippen LogP contribution < -0.4 is 11.1 Å². The van der Waals surface area contributed by atoms with Crippen molar-refractivity contribution in [1.82, 2.24) is 5.32 Å². The number of aryl methyl sites for hydroxylation is 2. The van der Waals surface area contributed by atoms with Gasteiger partial charge in [0.25, 0.3) is 11.6 Å². The quantitative estimate of drug-likeness (QED) is 0.514. The summed E-state index contributed by atoms with van der Waals surface area (Å²) in [6.07, 6.45) is 2.76. The highest BCUT2D eigenvalue weighted by molar-refractivity contribution is 5.95. The number of fused-ring (bicyclic) bond motifs is 1. The minimum atomic E-state index is -0.484. The first-order chi connectivity index (χ1) is 11.4. The van der Waals surface area contributed by atoms with Crippen molar-refractivity contribution >= 4 is 17.3 Å². The molecule has 6 heteroatoms. The molecule has 0 aliphatic heterocycles. The Bertz CT molecular complexity index is 817. The number of nitrogens with two attached hydrogens (primary N) is 1. The lowest BCUT2D eigenvalue weighted by atomic mass is 9.87. The monoisotopic (exact) mass is 325 g/mol. The van der Waals surface area contributed by atoms with Crippen LogP contribution in [0.5, 0.6) is 0 Å². The predicted molar refractivity (Wildman–Crippen MR) is 91.8 cm³/mol. The van der Waals surface area contributed by atoms with Crippen LogP contribution in [0.3, 0.4) is 0 Å². The lowest BCUT2D eigenvalue weighted by molar-refractivity contribution is -0.384. The van der Waals surface area contributed by atoms with Crippen molar-refractivity contribution in [3.8, 4) is 0 Å². The standard InChI is InChI=1S/C18H19N3O3/c1-11-7-13(10-15(8-11)21(23)24)18(22)20-17-4-2-3-12-9-14(19)5-6-16(12)17/h5-10,17H,2-4,19H2,1H3,(H,20,22). The lowest BCUT2D eigenvalue weighted by Crippen LogP contribution is -2.31. The van der Waals surface area contributed by atoms with Crippen molar-refractivity contribution in [2.24, 2.45) is 0 Å². The van der Waals surface area contributed by atoms with Crippen LogP contribution >= 0.6 is 0 Å². The van der Waals surface area contributed by atoms with E-state index in [1.165, 1.54) is 12.1 Å². The molecule has 0 spiro atoms. The van der Waals surface area contributed by atoms with Gasteiger partial charge < -0.3 is 11.1 Å². The maximum atomic E-state index is 12.6. The SMILES string of the molecule is Cc1cc(C(=O)NC2CCCc3cc(N)ccc32)cc([N+](=O)[O-])c1. The smallest absolute Gasteiger partial charge is 0.270 e. The van der Waals surface area contributed by atoms with Crippen LogP contribution in [0.15, 0.2) is 36.4 Å². The molecule has 0 bridgehead atoms. The fraction of sp³-hybridized carbons (Fsp3) is 0.278. The Labute approximate surface area is 139 Å². The summed E-state index contributed by atoms with van der Waals surface area (Å²) in [4.78, 5) is 23.1. The molecule has 1 unspecified atom stereocenters. The minimum absolute atomic E-state index is 0.0723. The Balaban J connectivity index is 1.85. The van der Waals surface area contributed by atoms with E-state index in [0.29, 0.717) is 11.1 Å². The van der Waals surface area contributed by atoms with E-state index < -0.39 is 4.92 Å². The maximum Gasteiger partial charge on any atom is 0.270 e. The Hall–Kier alpha value is -2.89. The Morgan fingerprint density at radius 3 is 2.83 bits per heavy atom. The van der Waals surface area contributed by atoms with Gasteiger partial charge in [0, 0.05) is 23.4 Å². The van der Waals surface area contributed by atoms with E-state index in [1.807, 2.05) is 18.2 Å². The molecule has 124 valence electrons. The first-order valence-electron chi connectivity index (χ1n) is 7.89. The summed E-state index contributed by atoms with van der Waals surface area (Å²) in [5, 5.41) is 14.0. The molecule has 0 saturated carbocycles. The van der Waals surface area contributed by atoms with E-state index in [-0.39, 0.29) is 17.6 Å². The van der Waals surface area contributed by atoms with Crippen LogP contribution in [0.25, 0.3) is 0 Å². The largest absolute Gasteiger partial charge is 0.399 e. The number of carbonyl (C=O) groups is 1. The summed E-state index contributed by atoms with van der Waals surface area (Å²) in [7, 11) is 0. The zero-order chi connectivity index (χ0) is 17.3. The normalized spacial score (nSPS) is 16.3. The van der Waals surface area contributed by atoms with Gasteiger partial charge in [-0.3, -0.25) is 14.9 Å². The highest BCUT2D eigenvalue weighted by atomic mass is 16.6. The third-order valence-corrected chi connectivity index (χ3v) is 4.32. The number of rotatable bonds is 3. The average molecular weight is 325 g/mol. The molecule has 3 rings (SSSR count). The minimum Gasteiger partial charge on any atom is -0.399 e. The van der Waals surface area contributed by atoms with E-state index in [4.69, 9.17) is 5.73 Å². The number of nitrogens with zero attached hydrogens (tertiary/aromatic N) is 1. The van der Waals surface area contributed by atoms with Crippen molar-refractivity contribution in [3.05, 3.63) is 68.8 Å². The van der Waals surface area contributed by atoms with E-state index in [1.54, 1.807) is 13.0 Å². The number of nitro groups is 1. The molecule has 24 heavy (non-hydrogen) atoms. The molecule has 0 heterocycles. The van der Waals surface area contributed by atoms with Gasteiger partial charge in [0.05, 0.1) is 11.0 Å². The number of anilines is 1. The van der Waals surface area contributed by atoms with Crippen molar-refractivity contribution in [2.45, 2.75) is 32.2 Å². The molecule has 0 aromatic heterocycles. The summed E-state index contributed by atoms with van der Waals surface area (Å²) in [6.45, 7) is 1.74. The highest BCUT2D eigenvalue weighted by Crippen LogP contribution is 2.31. The number of nitrogens with one attached hydrogen (secondary N) is 1. The molecule has 0 saturated heterocycles. The zero-order valence-corrected chi connectivity index (χ0v) is 13.4. The third kappa shape index (κ3) is 3.22. The second kappa shape index (κ2) is 6.31. The van der Waals surface area contributed by atoms with Crippen LogP contribution in [0, 0.1) is 17.0 Å². The van der Waals surface area contributed by atoms with Crippen molar-refractivity contribution in [1.29, 1.82) is 0 Å². The second-order valence-electron chi connectivity index (χ2n) is 6.19. The average Bonchev–Trinajstić information content (AvgIpc) is 2.54. The van der Waals surface area contributed by atoms with Crippen LogP contribution in [-0.4, -0.2) is 10.8 Å². The number of nitrogen functional groups attached to an aromatic ring is 1. The van der Waals surface area contributed by atoms with Gasteiger partial charge in [0.2, 0.25) is 0 Å². The summed E-state index contributed by atoms with van der Waals surface area (Å²) in [6, 6.07) is 10.1. The third-order valence-electron chi connectivity index (χ3n) is 4.32. The van der Waals surface area contributed by atoms with Gasteiger partial charge in [-0.15, -0.1) is 0 Å². The van der Waals surface area contributed by atoms with E-state index >= 15 is 0 Å². The Morgan fingerprint density at radius 1 is 1.29 bits per heavy atom. The molecule has 2 aromatic carbocycles. The molecule has 0 radical (unpaired) electrons.